The SMILES string of the molecule is CC(C)(C)C(O)C(=O)C(=O)O. The average Bonchev–Trinajstić information content (AvgIpc) is 1.82. The van der Waals surface area contributed by atoms with Gasteiger partial charge in [0.2, 0.25) is 0 Å². The maximum Gasteiger partial charge on any atom is 0.375 e. The molecule has 11 heavy (non-hydrogen) atoms. The van der Waals surface area contributed by atoms with Crippen molar-refractivity contribution in [3.63, 3.8) is 0 Å². The van der Waals surface area contributed by atoms with E-state index in [4.69, 9.17) is 10.2 Å². The van der Waals surface area contributed by atoms with Crippen molar-refractivity contribution in [2.75, 3.05) is 0 Å². The molecule has 0 spiro atoms. The summed E-state index contributed by atoms with van der Waals surface area (Å²) in [5.41, 5.74) is -0.713. The summed E-state index contributed by atoms with van der Waals surface area (Å²) in [6, 6.07) is 0. The molecule has 0 rings (SSSR count). The van der Waals surface area contributed by atoms with Crippen LogP contribution in [0.1, 0.15) is 20.8 Å². The molecule has 1 unspecified atom stereocenters. The Hall–Kier alpha value is -0.900. The predicted molar refractivity (Wildman–Crippen MR) is 38.1 cm³/mol. The normalized spacial score (nSPS) is 14.2. The number of aliphatic carboxylic acids is 1. The molecule has 1 atom stereocenters. The van der Waals surface area contributed by atoms with E-state index in [-0.39, 0.29) is 0 Å². The Kier molecular flexibility index (Phi) is 2.76. The smallest absolute Gasteiger partial charge is 0.375 e. The highest BCUT2D eigenvalue weighted by atomic mass is 16.4. The van der Waals surface area contributed by atoms with Gasteiger partial charge in [-0.1, -0.05) is 20.8 Å². The molecule has 4 heteroatoms. The summed E-state index contributed by atoms with van der Waals surface area (Å²) in [6.07, 6.45) is -1.43. The molecule has 0 radical (unpaired) electrons. The molecule has 4 nitrogen and oxygen atoms in total. The lowest BCUT2D eigenvalue weighted by Gasteiger charge is -2.22. The second-order valence-electron chi connectivity index (χ2n) is 3.44. The fourth-order valence-electron chi connectivity index (χ4n) is 0.510. The third-order valence-corrected chi connectivity index (χ3v) is 1.28. The zero-order valence-electron chi connectivity index (χ0n) is 6.79. The minimum Gasteiger partial charge on any atom is -0.475 e. The van der Waals surface area contributed by atoms with Crippen molar-refractivity contribution >= 4 is 11.8 Å². The van der Waals surface area contributed by atoms with E-state index in [9.17, 15) is 9.59 Å². The van der Waals surface area contributed by atoms with Crippen molar-refractivity contribution in [3.8, 4) is 0 Å². The van der Waals surface area contributed by atoms with E-state index in [2.05, 4.69) is 0 Å². The first kappa shape index (κ1) is 10.1. The van der Waals surface area contributed by atoms with Gasteiger partial charge in [0.05, 0.1) is 0 Å². The number of aliphatic hydroxyl groups excluding tert-OH is 1. The van der Waals surface area contributed by atoms with Gasteiger partial charge >= 0.3 is 5.97 Å². The number of carbonyl (C=O) groups is 2. The molecule has 0 aliphatic carbocycles. The van der Waals surface area contributed by atoms with E-state index < -0.39 is 23.3 Å². The van der Waals surface area contributed by atoms with Crippen LogP contribution in [0.2, 0.25) is 0 Å². The van der Waals surface area contributed by atoms with Crippen LogP contribution in [0.4, 0.5) is 0 Å². The van der Waals surface area contributed by atoms with E-state index >= 15 is 0 Å². The number of Topliss-reactive ketones (excluding diaryl/α,β-unsaturated/α-hetero) is 1. The van der Waals surface area contributed by atoms with Crippen molar-refractivity contribution in [2.24, 2.45) is 5.41 Å². The molecule has 0 aromatic carbocycles. The maximum absolute atomic E-state index is 10.6. The highest BCUT2D eigenvalue weighted by molar-refractivity contribution is 6.34. The number of rotatable bonds is 2. The van der Waals surface area contributed by atoms with Gasteiger partial charge in [0.15, 0.2) is 0 Å². The van der Waals surface area contributed by atoms with Crippen LogP contribution in [0.3, 0.4) is 0 Å². The third-order valence-electron chi connectivity index (χ3n) is 1.28. The summed E-state index contributed by atoms with van der Waals surface area (Å²) in [5, 5.41) is 17.3. The number of carbonyl (C=O) groups excluding carboxylic acids is 1. The first-order valence-corrected chi connectivity index (χ1v) is 3.22. The Morgan fingerprint density at radius 2 is 1.64 bits per heavy atom. The summed E-state index contributed by atoms with van der Waals surface area (Å²) in [6.45, 7) is 4.79. The number of carboxylic acids is 1. The molecule has 2 N–H and O–H groups in total. The number of hydrogen-bond donors (Lipinski definition) is 2. The fraction of sp³-hybridized carbons (Fsp3) is 0.714. The lowest BCUT2D eigenvalue weighted by atomic mass is 9.87. The highest BCUT2D eigenvalue weighted by Gasteiger charge is 2.32. The van der Waals surface area contributed by atoms with Crippen molar-refractivity contribution in [1.82, 2.24) is 0 Å². The van der Waals surface area contributed by atoms with Crippen LogP contribution >= 0.6 is 0 Å². The molecule has 0 heterocycles. The molecule has 0 aromatic heterocycles. The van der Waals surface area contributed by atoms with Crippen LogP contribution in [0.25, 0.3) is 0 Å². The van der Waals surface area contributed by atoms with Gasteiger partial charge in [-0.2, -0.15) is 0 Å². The van der Waals surface area contributed by atoms with Crippen LogP contribution in [0.5, 0.6) is 0 Å². The molecular weight excluding hydrogens is 148 g/mol. The molecular formula is C7H12O4. The molecule has 64 valence electrons. The summed E-state index contributed by atoms with van der Waals surface area (Å²) < 4.78 is 0. The quantitative estimate of drug-likeness (QED) is 0.559. The van der Waals surface area contributed by atoms with Crippen LogP contribution in [-0.4, -0.2) is 28.1 Å². The van der Waals surface area contributed by atoms with Crippen molar-refractivity contribution in [3.05, 3.63) is 0 Å². The summed E-state index contributed by atoms with van der Waals surface area (Å²) >= 11 is 0. The van der Waals surface area contributed by atoms with Crippen molar-refractivity contribution in [2.45, 2.75) is 26.9 Å². The van der Waals surface area contributed by atoms with E-state index in [1.54, 1.807) is 20.8 Å². The minimum absolute atomic E-state index is 0.713. The van der Waals surface area contributed by atoms with Gasteiger partial charge < -0.3 is 10.2 Å². The number of hydrogen-bond acceptors (Lipinski definition) is 3. The Labute approximate surface area is 64.8 Å². The van der Waals surface area contributed by atoms with Crippen molar-refractivity contribution in [1.29, 1.82) is 0 Å². The van der Waals surface area contributed by atoms with Crippen LogP contribution in [-0.2, 0) is 9.59 Å². The Morgan fingerprint density at radius 1 is 1.27 bits per heavy atom. The molecule has 0 saturated heterocycles. The minimum atomic E-state index is -1.59. The van der Waals surface area contributed by atoms with E-state index in [0.717, 1.165) is 0 Å². The van der Waals surface area contributed by atoms with Crippen LogP contribution in [0, 0.1) is 5.41 Å². The Bertz CT molecular complexity index is 177. The van der Waals surface area contributed by atoms with Crippen LogP contribution < -0.4 is 0 Å². The first-order valence-electron chi connectivity index (χ1n) is 3.22. The second-order valence-corrected chi connectivity index (χ2v) is 3.44. The van der Waals surface area contributed by atoms with Crippen molar-refractivity contribution < 1.29 is 19.8 Å². The van der Waals surface area contributed by atoms with Gasteiger partial charge in [-0.25, -0.2) is 4.79 Å². The van der Waals surface area contributed by atoms with Gasteiger partial charge in [-0.15, -0.1) is 0 Å². The van der Waals surface area contributed by atoms with Gasteiger partial charge in [0.25, 0.3) is 5.78 Å². The summed E-state index contributed by atoms with van der Waals surface area (Å²) in [5.74, 6) is -2.75. The van der Waals surface area contributed by atoms with Gasteiger partial charge in [0, 0.05) is 0 Å². The van der Waals surface area contributed by atoms with E-state index in [0.29, 0.717) is 0 Å². The lowest BCUT2D eigenvalue weighted by Crippen LogP contribution is -2.38. The zero-order valence-corrected chi connectivity index (χ0v) is 6.79. The highest BCUT2D eigenvalue weighted by Crippen LogP contribution is 2.19. The Morgan fingerprint density at radius 3 is 1.73 bits per heavy atom. The molecule has 0 aliphatic heterocycles. The molecule has 0 aliphatic rings. The van der Waals surface area contributed by atoms with E-state index in [1.165, 1.54) is 0 Å². The maximum atomic E-state index is 10.6. The summed E-state index contributed by atoms with van der Waals surface area (Å²) in [7, 11) is 0. The van der Waals surface area contributed by atoms with Crippen LogP contribution in [0.15, 0.2) is 0 Å². The standard InChI is InChI=1S/C7H12O4/c1-7(2,3)5(9)4(8)6(10)11/h5,9H,1-3H3,(H,10,11). The number of carboxylic acid groups (broad SMARTS) is 1. The number of aliphatic hydroxyl groups is 1. The lowest BCUT2D eigenvalue weighted by molar-refractivity contribution is -0.155. The third kappa shape index (κ3) is 2.67. The molecule has 0 amide bonds. The number of ketones is 1. The zero-order chi connectivity index (χ0) is 9.23. The molecule has 0 fully saturated rings. The van der Waals surface area contributed by atoms with Gasteiger partial charge in [-0.05, 0) is 5.41 Å². The average molecular weight is 160 g/mol. The van der Waals surface area contributed by atoms with Gasteiger partial charge in [-0.3, -0.25) is 4.79 Å². The monoisotopic (exact) mass is 160 g/mol. The Balaban J connectivity index is 4.38. The second kappa shape index (κ2) is 3.00. The predicted octanol–water partition coefficient (Wildman–Crippen LogP) is 0.0471. The summed E-state index contributed by atoms with van der Waals surface area (Å²) in [4.78, 5) is 20.7. The molecule has 0 bridgehead atoms. The van der Waals surface area contributed by atoms with E-state index in [1.807, 2.05) is 0 Å². The van der Waals surface area contributed by atoms with Gasteiger partial charge in [0.1, 0.15) is 6.10 Å². The molecule has 0 aromatic rings. The topological polar surface area (TPSA) is 74.6 Å². The molecule has 0 saturated carbocycles. The first-order chi connectivity index (χ1) is 4.76. The largest absolute Gasteiger partial charge is 0.475 e. The fourth-order valence-corrected chi connectivity index (χ4v) is 0.510.